The van der Waals surface area contributed by atoms with Crippen LogP contribution < -0.4 is 10.1 Å². The van der Waals surface area contributed by atoms with E-state index in [0.29, 0.717) is 11.9 Å². The van der Waals surface area contributed by atoms with Gasteiger partial charge in [-0.25, -0.2) is 4.98 Å². The third kappa shape index (κ3) is 3.11. The van der Waals surface area contributed by atoms with E-state index in [2.05, 4.69) is 16.4 Å². The van der Waals surface area contributed by atoms with Crippen molar-refractivity contribution in [2.45, 2.75) is 25.4 Å². The van der Waals surface area contributed by atoms with Gasteiger partial charge in [0.25, 0.3) is 0 Å². The zero-order valence-electron chi connectivity index (χ0n) is 11.4. The quantitative estimate of drug-likeness (QED) is 0.912. The Morgan fingerprint density at radius 1 is 1.30 bits per heavy atom. The topological polar surface area (TPSA) is 34.1 Å². The molecule has 1 aromatic carbocycles. The molecule has 20 heavy (non-hydrogen) atoms. The molecule has 0 radical (unpaired) electrons. The van der Waals surface area contributed by atoms with Gasteiger partial charge < -0.3 is 10.1 Å². The average molecular weight is 289 g/mol. The Hall–Kier alpha value is -1.58. The predicted octanol–water partition coefficient (Wildman–Crippen LogP) is 3.66. The van der Waals surface area contributed by atoms with E-state index in [1.165, 1.54) is 18.4 Å². The Morgan fingerprint density at radius 3 is 2.90 bits per heavy atom. The monoisotopic (exact) mass is 288 g/mol. The minimum Gasteiger partial charge on any atom is -0.481 e. The van der Waals surface area contributed by atoms with Crippen LogP contribution in [0.15, 0.2) is 36.5 Å². The van der Waals surface area contributed by atoms with Crippen molar-refractivity contribution in [3.63, 3.8) is 0 Å². The summed E-state index contributed by atoms with van der Waals surface area (Å²) in [6.07, 6.45) is 4.32. The highest BCUT2D eigenvalue weighted by Crippen LogP contribution is 2.29. The third-order valence-electron chi connectivity index (χ3n) is 3.49. The number of ether oxygens (including phenoxy) is 1. The maximum atomic E-state index is 6.15. The van der Waals surface area contributed by atoms with Gasteiger partial charge in [-0.15, -0.1) is 0 Å². The van der Waals surface area contributed by atoms with Crippen LogP contribution in [0, 0.1) is 0 Å². The number of pyridine rings is 1. The summed E-state index contributed by atoms with van der Waals surface area (Å²) in [6.45, 7) is 0.863. The SMILES string of the molecule is COc1cc(-c2cc(Cl)ccc2CNC2CC2)ccn1. The van der Waals surface area contributed by atoms with Crippen molar-refractivity contribution in [3.05, 3.63) is 47.1 Å². The molecular weight excluding hydrogens is 272 g/mol. The van der Waals surface area contributed by atoms with Gasteiger partial charge in [0.2, 0.25) is 5.88 Å². The van der Waals surface area contributed by atoms with Crippen molar-refractivity contribution in [1.82, 2.24) is 10.3 Å². The lowest BCUT2D eigenvalue weighted by molar-refractivity contribution is 0.398. The van der Waals surface area contributed by atoms with E-state index in [4.69, 9.17) is 16.3 Å². The maximum Gasteiger partial charge on any atom is 0.213 e. The van der Waals surface area contributed by atoms with Crippen LogP contribution in [0.25, 0.3) is 11.1 Å². The normalized spacial score (nSPS) is 14.3. The summed E-state index contributed by atoms with van der Waals surface area (Å²) < 4.78 is 5.19. The van der Waals surface area contributed by atoms with E-state index in [-0.39, 0.29) is 0 Å². The average Bonchev–Trinajstić information content (AvgIpc) is 3.30. The number of benzene rings is 1. The predicted molar refractivity (Wildman–Crippen MR) is 81.1 cm³/mol. The van der Waals surface area contributed by atoms with Gasteiger partial charge in [-0.05, 0) is 47.7 Å². The van der Waals surface area contributed by atoms with Crippen molar-refractivity contribution < 1.29 is 4.74 Å². The third-order valence-corrected chi connectivity index (χ3v) is 3.72. The van der Waals surface area contributed by atoms with Crippen molar-refractivity contribution in [1.29, 1.82) is 0 Å². The molecule has 1 aliphatic rings. The molecule has 1 N–H and O–H groups in total. The van der Waals surface area contributed by atoms with E-state index in [1.54, 1.807) is 13.3 Å². The molecule has 104 valence electrons. The largest absolute Gasteiger partial charge is 0.481 e. The molecule has 1 aliphatic carbocycles. The Bertz CT molecular complexity index is 611. The zero-order valence-corrected chi connectivity index (χ0v) is 12.2. The number of hydrogen-bond donors (Lipinski definition) is 1. The Labute approximate surface area is 123 Å². The van der Waals surface area contributed by atoms with Crippen LogP contribution in [-0.4, -0.2) is 18.1 Å². The minimum atomic E-state index is 0.614. The molecule has 0 amide bonds. The highest BCUT2D eigenvalue weighted by atomic mass is 35.5. The van der Waals surface area contributed by atoms with Gasteiger partial charge in [-0.2, -0.15) is 0 Å². The molecule has 0 spiro atoms. The first kappa shape index (κ1) is 13.4. The summed E-state index contributed by atoms with van der Waals surface area (Å²) in [6, 6.07) is 10.6. The Kier molecular flexibility index (Phi) is 3.90. The van der Waals surface area contributed by atoms with Crippen LogP contribution in [0.2, 0.25) is 5.02 Å². The van der Waals surface area contributed by atoms with Gasteiger partial charge >= 0.3 is 0 Å². The zero-order chi connectivity index (χ0) is 13.9. The molecule has 0 bridgehead atoms. The van der Waals surface area contributed by atoms with Crippen molar-refractivity contribution in [3.8, 4) is 17.0 Å². The molecule has 1 fully saturated rings. The summed E-state index contributed by atoms with van der Waals surface area (Å²) in [5, 5.41) is 4.28. The summed E-state index contributed by atoms with van der Waals surface area (Å²) in [4.78, 5) is 4.15. The number of rotatable bonds is 5. The highest BCUT2D eigenvalue weighted by molar-refractivity contribution is 6.30. The van der Waals surface area contributed by atoms with Crippen molar-refractivity contribution in [2.75, 3.05) is 7.11 Å². The Morgan fingerprint density at radius 2 is 2.15 bits per heavy atom. The first-order valence-electron chi connectivity index (χ1n) is 6.78. The van der Waals surface area contributed by atoms with Gasteiger partial charge in [0.1, 0.15) is 0 Å². The fraction of sp³-hybridized carbons (Fsp3) is 0.312. The molecule has 1 heterocycles. The van der Waals surface area contributed by atoms with E-state index >= 15 is 0 Å². The standard InChI is InChI=1S/C16H17ClN2O/c1-20-16-8-11(6-7-18-16)15-9-13(17)3-2-12(15)10-19-14-4-5-14/h2-3,6-9,14,19H,4-5,10H2,1H3. The minimum absolute atomic E-state index is 0.614. The number of nitrogens with zero attached hydrogens (tertiary/aromatic N) is 1. The Balaban J connectivity index is 1.94. The summed E-state index contributed by atoms with van der Waals surface area (Å²) in [5.41, 5.74) is 3.45. The first-order chi connectivity index (χ1) is 9.76. The molecule has 0 aliphatic heterocycles. The molecule has 4 heteroatoms. The smallest absolute Gasteiger partial charge is 0.213 e. The van der Waals surface area contributed by atoms with Gasteiger partial charge in [0.05, 0.1) is 7.11 Å². The molecule has 0 atom stereocenters. The molecule has 2 aromatic rings. The van der Waals surface area contributed by atoms with E-state index < -0.39 is 0 Å². The van der Waals surface area contributed by atoms with E-state index in [9.17, 15) is 0 Å². The van der Waals surface area contributed by atoms with Gasteiger partial charge in [0.15, 0.2) is 0 Å². The van der Waals surface area contributed by atoms with Crippen LogP contribution in [0.4, 0.5) is 0 Å². The van der Waals surface area contributed by atoms with Crippen molar-refractivity contribution >= 4 is 11.6 Å². The summed E-state index contributed by atoms with van der Waals surface area (Å²) in [5.74, 6) is 0.614. The molecule has 0 unspecified atom stereocenters. The lowest BCUT2D eigenvalue weighted by Gasteiger charge is -2.12. The van der Waals surface area contributed by atoms with Crippen LogP contribution in [0.3, 0.4) is 0 Å². The molecule has 1 aromatic heterocycles. The fourth-order valence-electron chi connectivity index (χ4n) is 2.20. The molecule has 1 saturated carbocycles. The lowest BCUT2D eigenvalue weighted by atomic mass is 10.0. The van der Waals surface area contributed by atoms with E-state index in [0.717, 1.165) is 22.7 Å². The lowest BCUT2D eigenvalue weighted by Crippen LogP contribution is -2.15. The molecule has 0 saturated heterocycles. The molecule has 3 rings (SSSR count). The summed E-state index contributed by atoms with van der Waals surface area (Å²) >= 11 is 6.15. The maximum absolute atomic E-state index is 6.15. The van der Waals surface area contributed by atoms with Crippen molar-refractivity contribution in [2.24, 2.45) is 0 Å². The second-order valence-electron chi connectivity index (χ2n) is 5.04. The summed E-state index contributed by atoms with van der Waals surface area (Å²) in [7, 11) is 1.62. The number of nitrogens with one attached hydrogen (secondary N) is 1. The first-order valence-corrected chi connectivity index (χ1v) is 7.16. The number of aromatic nitrogens is 1. The fourth-order valence-corrected chi connectivity index (χ4v) is 2.37. The van der Waals surface area contributed by atoms with Crippen LogP contribution in [-0.2, 0) is 6.54 Å². The van der Waals surface area contributed by atoms with Gasteiger partial charge in [-0.1, -0.05) is 17.7 Å². The van der Waals surface area contributed by atoms with Crippen LogP contribution >= 0.6 is 11.6 Å². The number of methoxy groups -OCH3 is 1. The molecule has 3 nitrogen and oxygen atoms in total. The number of halogens is 1. The van der Waals surface area contributed by atoms with E-state index in [1.807, 2.05) is 24.3 Å². The number of hydrogen-bond acceptors (Lipinski definition) is 3. The van der Waals surface area contributed by atoms with Crippen LogP contribution in [0.1, 0.15) is 18.4 Å². The second kappa shape index (κ2) is 5.81. The second-order valence-corrected chi connectivity index (χ2v) is 5.48. The molecular formula is C16H17ClN2O. The van der Waals surface area contributed by atoms with Gasteiger partial charge in [-0.3, -0.25) is 0 Å². The highest BCUT2D eigenvalue weighted by Gasteiger charge is 2.20. The van der Waals surface area contributed by atoms with Crippen LogP contribution in [0.5, 0.6) is 5.88 Å². The van der Waals surface area contributed by atoms with Gasteiger partial charge in [0, 0.05) is 29.9 Å².